The molecule has 3 aromatic rings. The average molecular weight is 662 g/mol. The number of hydrogen-bond acceptors (Lipinski definition) is 5. The SMILES string of the molecule is O=C(CN(Cc1ccccc1Br)C(=O)c1cnn(C2CCC(C(=O)O)CC2)c1C(F)(F)F)c1c(Cl)cncc1Cl. The highest BCUT2D eigenvalue weighted by molar-refractivity contribution is 9.10. The number of nitrogens with zero attached hydrogens (tertiary/aromatic N) is 4. The van der Waals surface area contributed by atoms with Crippen molar-refractivity contribution in [2.24, 2.45) is 5.92 Å². The number of aromatic nitrogens is 3. The number of rotatable bonds is 8. The number of ketones is 1. The summed E-state index contributed by atoms with van der Waals surface area (Å²) in [5, 5.41) is 13.0. The van der Waals surface area contributed by atoms with Gasteiger partial charge < -0.3 is 10.0 Å². The maximum atomic E-state index is 14.4. The van der Waals surface area contributed by atoms with Gasteiger partial charge in [-0.3, -0.25) is 24.0 Å². The van der Waals surface area contributed by atoms with Crippen molar-refractivity contribution in [3.8, 4) is 0 Å². The third kappa shape index (κ3) is 6.50. The Morgan fingerprint density at radius 2 is 1.68 bits per heavy atom. The number of hydrogen-bond donors (Lipinski definition) is 1. The van der Waals surface area contributed by atoms with Crippen LogP contribution >= 0.6 is 39.1 Å². The fourth-order valence-corrected chi connectivity index (χ4v) is 5.76. The maximum absolute atomic E-state index is 14.4. The number of carboxylic acids is 1. The van der Waals surface area contributed by atoms with Crippen LogP contribution in [0.1, 0.15) is 63.7 Å². The van der Waals surface area contributed by atoms with Crippen LogP contribution < -0.4 is 0 Å². The van der Waals surface area contributed by atoms with Gasteiger partial charge >= 0.3 is 12.1 Å². The van der Waals surface area contributed by atoms with Crippen LogP contribution in [-0.4, -0.2) is 49.0 Å². The molecule has 1 amide bonds. The predicted octanol–water partition coefficient (Wildman–Crippen LogP) is 6.71. The second-order valence-corrected chi connectivity index (χ2v) is 11.0. The molecule has 2 heterocycles. The Labute approximate surface area is 245 Å². The Bertz CT molecular complexity index is 1420. The lowest BCUT2D eigenvalue weighted by molar-refractivity contribution is -0.147. The molecule has 1 aliphatic carbocycles. The molecule has 2 aromatic heterocycles. The fraction of sp³-hybridized carbons (Fsp3) is 0.346. The summed E-state index contributed by atoms with van der Waals surface area (Å²) in [7, 11) is 0. The first kappa shape index (κ1) is 30.0. The van der Waals surface area contributed by atoms with Crippen molar-refractivity contribution in [1.29, 1.82) is 0 Å². The normalized spacial score (nSPS) is 17.4. The van der Waals surface area contributed by atoms with Crippen LogP contribution in [0.3, 0.4) is 0 Å². The number of alkyl halides is 3. The van der Waals surface area contributed by atoms with Gasteiger partial charge in [0.2, 0.25) is 0 Å². The van der Waals surface area contributed by atoms with E-state index in [2.05, 4.69) is 26.0 Å². The van der Waals surface area contributed by atoms with Crippen LogP contribution in [0.2, 0.25) is 10.0 Å². The lowest BCUT2D eigenvalue weighted by Gasteiger charge is -2.28. The molecule has 1 aromatic carbocycles. The smallest absolute Gasteiger partial charge is 0.433 e. The lowest BCUT2D eigenvalue weighted by Crippen LogP contribution is -2.37. The Balaban J connectivity index is 1.71. The van der Waals surface area contributed by atoms with Crippen LogP contribution in [0.5, 0.6) is 0 Å². The number of carbonyl (C=O) groups is 3. The first-order chi connectivity index (χ1) is 18.9. The molecule has 0 radical (unpaired) electrons. The molecule has 1 saturated carbocycles. The van der Waals surface area contributed by atoms with E-state index in [-0.39, 0.29) is 47.8 Å². The zero-order chi connectivity index (χ0) is 29.2. The minimum atomic E-state index is -4.95. The van der Waals surface area contributed by atoms with Crippen molar-refractivity contribution in [2.75, 3.05) is 6.54 Å². The average Bonchev–Trinajstić information content (AvgIpc) is 3.35. The van der Waals surface area contributed by atoms with Gasteiger partial charge in [0, 0.05) is 23.4 Å². The molecule has 0 saturated heterocycles. The third-order valence-electron chi connectivity index (χ3n) is 6.76. The van der Waals surface area contributed by atoms with Crippen molar-refractivity contribution in [1.82, 2.24) is 19.7 Å². The van der Waals surface area contributed by atoms with Crippen LogP contribution in [0.25, 0.3) is 0 Å². The summed E-state index contributed by atoms with van der Waals surface area (Å²) in [4.78, 5) is 43.1. The van der Waals surface area contributed by atoms with Crippen molar-refractivity contribution >= 4 is 56.8 Å². The van der Waals surface area contributed by atoms with E-state index in [1.807, 2.05) is 0 Å². The Morgan fingerprint density at radius 3 is 2.25 bits per heavy atom. The van der Waals surface area contributed by atoms with Gasteiger partial charge in [-0.05, 0) is 37.3 Å². The quantitative estimate of drug-likeness (QED) is 0.269. The van der Waals surface area contributed by atoms with E-state index >= 15 is 0 Å². The molecule has 0 atom stereocenters. The number of amides is 1. The van der Waals surface area contributed by atoms with E-state index in [4.69, 9.17) is 23.2 Å². The van der Waals surface area contributed by atoms with E-state index in [1.165, 1.54) is 12.4 Å². The van der Waals surface area contributed by atoms with Gasteiger partial charge in [0.05, 0.1) is 45.9 Å². The van der Waals surface area contributed by atoms with Crippen LogP contribution in [-0.2, 0) is 17.5 Å². The van der Waals surface area contributed by atoms with Gasteiger partial charge in [0.1, 0.15) is 0 Å². The summed E-state index contributed by atoms with van der Waals surface area (Å²) in [6.07, 6.45) is -1.00. The second kappa shape index (κ2) is 12.3. The summed E-state index contributed by atoms with van der Waals surface area (Å²) in [6, 6.07) is 6.04. The van der Waals surface area contributed by atoms with Crippen molar-refractivity contribution in [2.45, 2.75) is 44.4 Å². The highest BCUT2D eigenvalue weighted by Crippen LogP contribution is 2.39. The number of carboxylic acid groups (broad SMARTS) is 1. The number of carbonyl (C=O) groups excluding carboxylic acids is 2. The summed E-state index contributed by atoms with van der Waals surface area (Å²) >= 11 is 15.6. The Morgan fingerprint density at radius 1 is 1.05 bits per heavy atom. The first-order valence-corrected chi connectivity index (χ1v) is 13.7. The summed E-state index contributed by atoms with van der Waals surface area (Å²) in [6.45, 7) is -0.839. The molecule has 0 aliphatic heterocycles. The summed E-state index contributed by atoms with van der Waals surface area (Å²) in [5.41, 5.74) is -1.53. The van der Waals surface area contributed by atoms with E-state index < -0.39 is 53.6 Å². The number of halogens is 6. The molecule has 8 nitrogen and oxygen atoms in total. The molecular weight excluding hydrogens is 640 g/mol. The molecule has 1 fully saturated rings. The number of Topliss-reactive ketones (excluding diaryl/α,β-unsaturated/α-hetero) is 1. The molecule has 0 spiro atoms. The summed E-state index contributed by atoms with van der Waals surface area (Å²) < 4.78 is 44.6. The Kier molecular flexibility index (Phi) is 9.21. The van der Waals surface area contributed by atoms with Crippen LogP contribution in [0.4, 0.5) is 13.2 Å². The summed E-state index contributed by atoms with van der Waals surface area (Å²) in [5.74, 6) is -3.39. The van der Waals surface area contributed by atoms with Gasteiger partial charge in [0.25, 0.3) is 5.91 Å². The molecule has 14 heteroatoms. The zero-order valence-corrected chi connectivity index (χ0v) is 23.8. The number of benzene rings is 1. The highest BCUT2D eigenvalue weighted by atomic mass is 79.9. The van der Waals surface area contributed by atoms with Gasteiger partial charge in [-0.1, -0.05) is 57.3 Å². The third-order valence-corrected chi connectivity index (χ3v) is 8.11. The maximum Gasteiger partial charge on any atom is 0.433 e. The largest absolute Gasteiger partial charge is 0.481 e. The molecule has 1 aliphatic rings. The predicted molar refractivity (Wildman–Crippen MR) is 143 cm³/mol. The monoisotopic (exact) mass is 660 g/mol. The molecule has 212 valence electrons. The zero-order valence-electron chi connectivity index (χ0n) is 20.7. The topological polar surface area (TPSA) is 105 Å². The van der Waals surface area contributed by atoms with Gasteiger partial charge in [0.15, 0.2) is 11.5 Å². The second-order valence-electron chi connectivity index (χ2n) is 9.35. The standard InChI is InChI=1S/C26H22BrCl2F3N4O4/c27-18-4-2-1-3-15(18)12-35(13-21(37)22-19(28)10-33-11-20(22)29)24(38)17-9-34-36(23(17)26(30,31)32)16-7-5-14(6-8-16)25(39)40/h1-4,9-11,14,16H,5-8,12-13H2,(H,39,40). The molecular formula is C26H22BrCl2F3N4O4. The van der Waals surface area contributed by atoms with Crippen molar-refractivity contribution < 1.29 is 32.7 Å². The molecule has 4 rings (SSSR count). The number of pyridine rings is 1. The highest BCUT2D eigenvalue weighted by Gasteiger charge is 2.43. The van der Waals surface area contributed by atoms with Crippen LogP contribution in [0, 0.1) is 5.92 Å². The van der Waals surface area contributed by atoms with E-state index in [0.717, 1.165) is 15.8 Å². The van der Waals surface area contributed by atoms with E-state index in [1.54, 1.807) is 24.3 Å². The van der Waals surface area contributed by atoms with Crippen LogP contribution in [0.15, 0.2) is 47.3 Å². The molecule has 1 N–H and O–H groups in total. The molecule has 0 bridgehead atoms. The van der Waals surface area contributed by atoms with E-state index in [0.29, 0.717) is 10.0 Å². The van der Waals surface area contributed by atoms with E-state index in [9.17, 15) is 32.7 Å². The van der Waals surface area contributed by atoms with Gasteiger partial charge in [-0.15, -0.1) is 0 Å². The lowest BCUT2D eigenvalue weighted by atomic mass is 9.86. The van der Waals surface area contributed by atoms with Crippen molar-refractivity contribution in [3.63, 3.8) is 0 Å². The molecule has 40 heavy (non-hydrogen) atoms. The van der Waals surface area contributed by atoms with Gasteiger partial charge in [-0.2, -0.15) is 18.3 Å². The first-order valence-electron chi connectivity index (χ1n) is 12.1. The van der Waals surface area contributed by atoms with Gasteiger partial charge in [-0.25, -0.2) is 0 Å². The Hall–Kier alpha value is -2.96. The fourth-order valence-electron chi connectivity index (χ4n) is 4.78. The minimum absolute atomic E-state index is 0.0634. The minimum Gasteiger partial charge on any atom is -0.481 e. The number of aliphatic carboxylic acids is 1. The molecule has 0 unspecified atom stereocenters. The van der Waals surface area contributed by atoms with Crippen molar-refractivity contribution in [3.05, 3.63) is 79.8 Å².